The van der Waals surface area contributed by atoms with Gasteiger partial charge in [0.1, 0.15) is 4.90 Å². The Balaban J connectivity index is 1.53. The van der Waals surface area contributed by atoms with Gasteiger partial charge in [-0.3, -0.25) is 4.79 Å². The molecule has 0 unspecified atom stereocenters. The predicted molar refractivity (Wildman–Crippen MR) is 111 cm³/mol. The van der Waals surface area contributed by atoms with Crippen LogP contribution in [0, 0.1) is 5.92 Å². The van der Waals surface area contributed by atoms with Crippen LogP contribution < -0.4 is 5.32 Å². The largest absolute Gasteiger partial charge is 0.356 e. The lowest BCUT2D eigenvalue weighted by molar-refractivity contribution is -0.126. The van der Waals surface area contributed by atoms with Crippen LogP contribution >= 0.6 is 23.2 Å². The van der Waals surface area contributed by atoms with Crippen LogP contribution in [-0.4, -0.2) is 38.3 Å². The van der Waals surface area contributed by atoms with Crippen molar-refractivity contribution in [2.75, 3.05) is 19.6 Å². The van der Waals surface area contributed by atoms with Crippen LogP contribution in [0.15, 0.2) is 53.4 Å². The molecular formula is C20H22Cl2N2O3S. The number of rotatable bonds is 6. The molecule has 0 aliphatic carbocycles. The third kappa shape index (κ3) is 5.06. The highest BCUT2D eigenvalue weighted by molar-refractivity contribution is 7.89. The summed E-state index contributed by atoms with van der Waals surface area (Å²) in [6.07, 6.45) is 1.73. The van der Waals surface area contributed by atoms with Gasteiger partial charge < -0.3 is 5.32 Å². The first-order chi connectivity index (χ1) is 13.4. The van der Waals surface area contributed by atoms with Crippen LogP contribution in [0.3, 0.4) is 0 Å². The molecule has 1 aliphatic heterocycles. The molecular weight excluding hydrogens is 419 g/mol. The van der Waals surface area contributed by atoms with Crippen molar-refractivity contribution in [3.63, 3.8) is 0 Å². The van der Waals surface area contributed by atoms with Gasteiger partial charge in [-0.05, 0) is 43.0 Å². The first-order valence-corrected chi connectivity index (χ1v) is 11.3. The number of sulfonamides is 1. The van der Waals surface area contributed by atoms with Crippen LogP contribution in [0.5, 0.6) is 0 Å². The lowest BCUT2D eigenvalue weighted by atomic mass is 9.97. The molecule has 1 aliphatic rings. The van der Waals surface area contributed by atoms with E-state index >= 15 is 0 Å². The van der Waals surface area contributed by atoms with E-state index in [2.05, 4.69) is 5.32 Å². The van der Waals surface area contributed by atoms with E-state index in [1.165, 1.54) is 22.0 Å². The molecule has 1 amide bonds. The van der Waals surface area contributed by atoms with Gasteiger partial charge in [0.25, 0.3) is 0 Å². The standard InChI is InChI=1S/C20H22Cl2N2O3S/c21-17-6-7-18(22)19(14-17)28(26,27)24-12-9-16(10-13-24)20(25)23-11-8-15-4-2-1-3-5-15/h1-7,14,16H,8-13H2,(H,23,25). The van der Waals surface area contributed by atoms with Crippen molar-refractivity contribution in [1.29, 1.82) is 0 Å². The van der Waals surface area contributed by atoms with Crippen LogP contribution in [0.4, 0.5) is 0 Å². The van der Waals surface area contributed by atoms with Crippen molar-refractivity contribution >= 4 is 39.1 Å². The SMILES string of the molecule is O=C(NCCc1ccccc1)C1CCN(S(=O)(=O)c2cc(Cl)ccc2Cl)CC1. The molecule has 0 bridgehead atoms. The highest BCUT2D eigenvalue weighted by atomic mass is 35.5. The summed E-state index contributed by atoms with van der Waals surface area (Å²) in [5.41, 5.74) is 1.17. The third-order valence-corrected chi connectivity index (χ3v) is 7.51. The van der Waals surface area contributed by atoms with E-state index in [0.717, 1.165) is 6.42 Å². The Bertz CT molecular complexity index is 928. The second-order valence-electron chi connectivity index (χ2n) is 6.78. The van der Waals surface area contributed by atoms with Crippen molar-refractivity contribution in [3.8, 4) is 0 Å². The van der Waals surface area contributed by atoms with Crippen molar-refractivity contribution in [3.05, 3.63) is 64.1 Å². The van der Waals surface area contributed by atoms with Gasteiger partial charge in [-0.1, -0.05) is 53.5 Å². The number of halogens is 2. The summed E-state index contributed by atoms with van der Waals surface area (Å²) in [6.45, 7) is 1.13. The van der Waals surface area contributed by atoms with Gasteiger partial charge in [0.2, 0.25) is 15.9 Å². The molecule has 3 rings (SSSR count). The molecule has 150 valence electrons. The van der Waals surface area contributed by atoms with Crippen LogP contribution in [0.1, 0.15) is 18.4 Å². The van der Waals surface area contributed by atoms with Crippen molar-refractivity contribution in [1.82, 2.24) is 9.62 Å². The fourth-order valence-electron chi connectivity index (χ4n) is 3.29. The minimum atomic E-state index is -3.73. The second kappa shape index (κ2) is 9.27. The Morgan fingerprint density at radius 1 is 1.07 bits per heavy atom. The highest BCUT2D eigenvalue weighted by Crippen LogP contribution is 2.30. The van der Waals surface area contributed by atoms with Gasteiger partial charge in [0.05, 0.1) is 5.02 Å². The van der Waals surface area contributed by atoms with Crippen LogP contribution in [0.25, 0.3) is 0 Å². The number of piperidine rings is 1. The molecule has 2 aromatic carbocycles. The Hall–Kier alpha value is -1.60. The van der Waals surface area contributed by atoms with Crippen LogP contribution in [0.2, 0.25) is 10.0 Å². The smallest absolute Gasteiger partial charge is 0.244 e. The average Bonchev–Trinajstić information content (AvgIpc) is 2.70. The quantitative estimate of drug-likeness (QED) is 0.743. The normalized spacial score (nSPS) is 16.1. The van der Waals surface area contributed by atoms with Gasteiger partial charge in [0, 0.05) is 30.6 Å². The molecule has 0 atom stereocenters. The fourth-order valence-corrected chi connectivity index (χ4v) is 5.50. The molecule has 1 N–H and O–H groups in total. The monoisotopic (exact) mass is 440 g/mol. The number of nitrogens with one attached hydrogen (secondary N) is 1. The minimum absolute atomic E-state index is 0.00688. The molecule has 1 fully saturated rings. The Morgan fingerprint density at radius 2 is 1.75 bits per heavy atom. The number of hydrogen-bond donors (Lipinski definition) is 1. The number of hydrogen-bond acceptors (Lipinski definition) is 3. The zero-order chi connectivity index (χ0) is 20.1. The molecule has 0 radical (unpaired) electrons. The summed E-state index contributed by atoms with van der Waals surface area (Å²) in [6, 6.07) is 14.3. The lowest BCUT2D eigenvalue weighted by Gasteiger charge is -2.30. The number of amides is 1. The lowest BCUT2D eigenvalue weighted by Crippen LogP contribution is -2.43. The summed E-state index contributed by atoms with van der Waals surface area (Å²) < 4.78 is 27.1. The Labute approximate surface area is 175 Å². The molecule has 8 heteroatoms. The fraction of sp³-hybridized carbons (Fsp3) is 0.350. The van der Waals surface area contributed by atoms with E-state index in [0.29, 0.717) is 24.4 Å². The maximum Gasteiger partial charge on any atom is 0.244 e. The molecule has 0 aromatic heterocycles. The summed E-state index contributed by atoms with van der Waals surface area (Å²) in [5.74, 6) is -0.203. The van der Waals surface area contributed by atoms with E-state index in [9.17, 15) is 13.2 Å². The molecule has 1 saturated heterocycles. The maximum atomic E-state index is 12.8. The second-order valence-corrected chi connectivity index (χ2v) is 9.53. The van der Waals surface area contributed by atoms with E-state index in [-0.39, 0.29) is 34.8 Å². The summed E-state index contributed by atoms with van der Waals surface area (Å²) in [4.78, 5) is 12.4. The van der Waals surface area contributed by atoms with E-state index in [1.54, 1.807) is 6.07 Å². The topological polar surface area (TPSA) is 66.5 Å². The molecule has 1 heterocycles. The van der Waals surface area contributed by atoms with E-state index in [4.69, 9.17) is 23.2 Å². The molecule has 0 saturated carbocycles. The minimum Gasteiger partial charge on any atom is -0.356 e. The zero-order valence-corrected chi connectivity index (χ0v) is 17.6. The molecule has 5 nitrogen and oxygen atoms in total. The summed E-state index contributed by atoms with van der Waals surface area (Å²) >= 11 is 12.0. The van der Waals surface area contributed by atoms with Gasteiger partial charge in [0.15, 0.2) is 0 Å². The molecule has 28 heavy (non-hydrogen) atoms. The maximum absolute atomic E-state index is 12.8. The number of carbonyl (C=O) groups is 1. The third-order valence-electron chi connectivity index (χ3n) is 4.89. The first-order valence-electron chi connectivity index (χ1n) is 9.15. The molecule has 2 aromatic rings. The van der Waals surface area contributed by atoms with Gasteiger partial charge in [-0.25, -0.2) is 8.42 Å². The Morgan fingerprint density at radius 3 is 2.43 bits per heavy atom. The van der Waals surface area contributed by atoms with Crippen molar-refractivity contribution in [2.45, 2.75) is 24.2 Å². The predicted octanol–water partition coefficient (Wildman–Crippen LogP) is 3.75. The van der Waals surface area contributed by atoms with E-state index < -0.39 is 10.0 Å². The molecule has 0 spiro atoms. The van der Waals surface area contributed by atoms with Crippen molar-refractivity contribution < 1.29 is 13.2 Å². The summed E-state index contributed by atoms with van der Waals surface area (Å²) in [7, 11) is -3.73. The van der Waals surface area contributed by atoms with E-state index in [1.807, 2.05) is 30.3 Å². The number of benzene rings is 2. The summed E-state index contributed by atoms with van der Waals surface area (Å²) in [5, 5.41) is 3.42. The van der Waals surface area contributed by atoms with Crippen molar-refractivity contribution in [2.24, 2.45) is 5.92 Å². The number of carbonyl (C=O) groups excluding carboxylic acids is 1. The first kappa shape index (κ1) is 21.1. The Kier molecular flexibility index (Phi) is 6.99. The number of nitrogens with zero attached hydrogens (tertiary/aromatic N) is 1. The van der Waals surface area contributed by atoms with Gasteiger partial charge >= 0.3 is 0 Å². The van der Waals surface area contributed by atoms with Gasteiger partial charge in [-0.2, -0.15) is 4.31 Å². The average molecular weight is 441 g/mol. The zero-order valence-electron chi connectivity index (χ0n) is 15.3. The highest BCUT2D eigenvalue weighted by Gasteiger charge is 2.33. The van der Waals surface area contributed by atoms with Crippen LogP contribution in [-0.2, 0) is 21.2 Å². The van der Waals surface area contributed by atoms with Gasteiger partial charge in [-0.15, -0.1) is 0 Å².